The van der Waals surface area contributed by atoms with Gasteiger partial charge in [-0.2, -0.15) is 5.26 Å². The molecule has 1 amide bonds. The van der Waals surface area contributed by atoms with Crippen molar-refractivity contribution in [3.8, 4) is 17.6 Å². The Morgan fingerprint density at radius 1 is 1.06 bits per heavy atom. The van der Waals surface area contributed by atoms with Crippen LogP contribution in [0.1, 0.15) is 37.8 Å². The lowest BCUT2D eigenvalue weighted by atomic mass is 10.1. The number of nitrogens with zero attached hydrogens (tertiary/aromatic N) is 2. The van der Waals surface area contributed by atoms with Gasteiger partial charge in [0.15, 0.2) is 11.5 Å². The molecule has 0 radical (unpaired) electrons. The highest BCUT2D eigenvalue weighted by atomic mass is 16.5. The molecule has 0 bridgehead atoms. The van der Waals surface area contributed by atoms with Gasteiger partial charge in [-0.1, -0.05) is 26.0 Å². The average molecular weight is 422 g/mol. The van der Waals surface area contributed by atoms with E-state index in [0.717, 1.165) is 38.0 Å². The number of ether oxygens (including phenoxy) is 2. The number of carbonyl (C=O) groups excluding carboxylic acids is 1. The van der Waals surface area contributed by atoms with Gasteiger partial charge in [0, 0.05) is 24.4 Å². The van der Waals surface area contributed by atoms with E-state index in [-0.39, 0.29) is 5.91 Å². The van der Waals surface area contributed by atoms with Crippen LogP contribution in [-0.4, -0.2) is 44.2 Å². The monoisotopic (exact) mass is 421 g/mol. The van der Waals surface area contributed by atoms with E-state index in [0.29, 0.717) is 29.4 Å². The maximum atomic E-state index is 12.3. The molecule has 164 valence electrons. The number of benzene rings is 2. The Bertz CT molecular complexity index is 895. The van der Waals surface area contributed by atoms with E-state index in [9.17, 15) is 4.79 Å². The van der Waals surface area contributed by atoms with Crippen LogP contribution in [0.25, 0.3) is 6.08 Å². The van der Waals surface area contributed by atoms with Gasteiger partial charge >= 0.3 is 0 Å². The van der Waals surface area contributed by atoms with Gasteiger partial charge in [-0.15, -0.1) is 0 Å². The van der Waals surface area contributed by atoms with E-state index in [4.69, 9.17) is 14.7 Å². The quantitative estimate of drug-likeness (QED) is 0.502. The van der Waals surface area contributed by atoms with Crippen LogP contribution in [-0.2, 0) is 4.79 Å². The molecular formula is C25H31N3O3. The molecule has 6 nitrogen and oxygen atoms in total. The summed E-state index contributed by atoms with van der Waals surface area (Å²) >= 11 is 0. The van der Waals surface area contributed by atoms with Gasteiger partial charge in [0.1, 0.15) is 6.61 Å². The molecule has 0 aliphatic rings. The first-order valence-corrected chi connectivity index (χ1v) is 10.6. The third-order valence-corrected chi connectivity index (χ3v) is 4.64. The molecule has 0 saturated heterocycles. The molecule has 2 aromatic rings. The van der Waals surface area contributed by atoms with Gasteiger partial charge in [0.2, 0.25) is 5.91 Å². The van der Waals surface area contributed by atoms with Crippen LogP contribution in [0.5, 0.6) is 11.5 Å². The first-order valence-electron chi connectivity index (χ1n) is 10.6. The van der Waals surface area contributed by atoms with Gasteiger partial charge in [0.05, 0.1) is 18.7 Å². The van der Waals surface area contributed by atoms with Crippen molar-refractivity contribution in [2.75, 3.05) is 38.7 Å². The Hall–Kier alpha value is -3.30. The van der Waals surface area contributed by atoms with Crippen LogP contribution in [0.2, 0.25) is 0 Å². The number of amides is 1. The number of methoxy groups -OCH3 is 1. The maximum absolute atomic E-state index is 12.3. The third kappa shape index (κ3) is 8.15. The minimum Gasteiger partial charge on any atom is -0.493 e. The van der Waals surface area contributed by atoms with Crippen LogP contribution in [0, 0.1) is 11.3 Å². The number of nitrogens with one attached hydrogen (secondary N) is 1. The lowest BCUT2D eigenvalue weighted by molar-refractivity contribution is -0.111. The zero-order chi connectivity index (χ0) is 22.5. The number of hydrogen-bond donors (Lipinski definition) is 1. The number of anilines is 1. The summed E-state index contributed by atoms with van der Waals surface area (Å²) in [5.41, 5.74) is 2.06. The van der Waals surface area contributed by atoms with Crippen molar-refractivity contribution in [2.24, 2.45) is 0 Å². The van der Waals surface area contributed by atoms with Crippen molar-refractivity contribution in [1.82, 2.24) is 4.90 Å². The summed E-state index contributed by atoms with van der Waals surface area (Å²) in [7, 11) is 1.60. The van der Waals surface area contributed by atoms with E-state index in [2.05, 4.69) is 30.1 Å². The highest BCUT2D eigenvalue weighted by molar-refractivity contribution is 6.02. The molecule has 0 unspecified atom stereocenters. The maximum Gasteiger partial charge on any atom is 0.248 e. The zero-order valence-electron chi connectivity index (χ0n) is 18.6. The molecule has 31 heavy (non-hydrogen) atoms. The minimum absolute atomic E-state index is 0.252. The Balaban J connectivity index is 1.97. The Kier molecular flexibility index (Phi) is 10.1. The molecule has 0 aliphatic heterocycles. The molecule has 0 saturated carbocycles. The number of hydrogen-bond acceptors (Lipinski definition) is 5. The fourth-order valence-corrected chi connectivity index (χ4v) is 3.14. The summed E-state index contributed by atoms with van der Waals surface area (Å²) in [5.74, 6) is 0.977. The third-order valence-electron chi connectivity index (χ3n) is 4.64. The fraction of sp³-hybridized carbons (Fsp3) is 0.360. The topological polar surface area (TPSA) is 74.6 Å². The van der Waals surface area contributed by atoms with Crippen molar-refractivity contribution in [3.63, 3.8) is 0 Å². The van der Waals surface area contributed by atoms with Crippen molar-refractivity contribution < 1.29 is 14.3 Å². The number of nitriles is 1. The van der Waals surface area contributed by atoms with Gasteiger partial charge in [0.25, 0.3) is 0 Å². The first kappa shape index (κ1) is 24.0. The minimum atomic E-state index is -0.252. The zero-order valence-corrected chi connectivity index (χ0v) is 18.6. The molecule has 0 heterocycles. The van der Waals surface area contributed by atoms with E-state index in [1.54, 1.807) is 55.7 Å². The summed E-state index contributed by atoms with van der Waals surface area (Å²) in [6.07, 6.45) is 5.38. The highest BCUT2D eigenvalue weighted by Gasteiger charge is 2.09. The Labute approximate surface area is 185 Å². The summed E-state index contributed by atoms with van der Waals surface area (Å²) in [4.78, 5) is 14.7. The molecule has 0 spiro atoms. The molecular weight excluding hydrogens is 390 g/mol. The fourth-order valence-electron chi connectivity index (χ4n) is 3.14. The molecule has 1 N–H and O–H groups in total. The van der Waals surface area contributed by atoms with E-state index in [1.807, 2.05) is 0 Å². The van der Waals surface area contributed by atoms with Crippen LogP contribution >= 0.6 is 0 Å². The van der Waals surface area contributed by atoms with Crippen LogP contribution < -0.4 is 14.8 Å². The summed E-state index contributed by atoms with van der Waals surface area (Å²) < 4.78 is 11.4. The van der Waals surface area contributed by atoms with E-state index >= 15 is 0 Å². The predicted octanol–water partition coefficient (Wildman–Crippen LogP) is 4.72. The summed E-state index contributed by atoms with van der Waals surface area (Å²) in [6, 6.07) is 14.4. The highest BCUT2D eigenvalue weighted by Crippen LogP contribution is 2.30. The molecule has 2 rings (SSSR count). The number of rotatable bonds is 12. The SMILES string of the molecule is CCCN(CCC)CCOc1cc(NC(=O)C=Cc2ccc(C#N)cc2)ccc1OC. The smallest absolute Gasteiger partial charge is 0.248 e. The lowest BCUT2D eigenvalue weighted by Crippen LogP contribution is -2.30. The largest absolute Gasteiger partial charge is 0.493 e. The first-order chi connectivity index (χ1) is 15.1. The van der Waals surface area contributed by atoms with Crippen molar-refractivity contribution in [2.45, 2.75) is 26.7 Å². The van der Waals surface area contributed by atoms with Crippen molar-refractivity contribution >= 4 is 17.7 Å². The normalized spacial score (nSPS) is 10.8. The van der Waals surface area contributed by atoms with Gasteiger partial charge in [-0.3, -0.25) is 9.69 Å². The Morgan fingerprint density at radius 2 is 1.77 bits per heavy atom. The van der Waals surface area contributed by atoms with Gasteiger partial charge in [-0.25, -0.2) is 0 Å². The molecule has 0 fully saturated rings. The predicted molar refractivity (Wildman–Crippen MR) is 124 cm³/mol. The molecule has 0 aliphatic carbocycles. The Morgan fingerprint density at radius 3 is 2.39 bits per heavy atom. The second kappa shape index (κ2) is 13.1. The van der Waals surface area contributed by atoms with Gasteiger partial charge in [-0.05, 0) is 61.8 Å². The van der Waals surface area contributed by atoms with Crippen LogP contribution in [0.4, 0.5) is 5.69 Å². The molecule has 0 aromatic heterocycles. The van der Waals surface area contributed by atoms with E-state index in [1.165, 1.54) is 6.08 Å². The molecule has 6 heteroatoms. The lowest BCUT2D eigenvalue weighted by Gasteiger charge is -2.21. The summed E-state index contributed by atoms with van der Waals surface area (Å²) in [5, 5.41) is 11.7. The van der Waals surface area contributed by atoms with Crippen molar-refractivity contribution in [3.05, 3.63) is 59.7 Å². The number of carbonyl (C=O) groups is 1. The van der Waals surface area contributed by atoms with Gasteiger partial charge < -0.3 is 14.8 Å². The van der Waals surface area contributed by atoms with Crippen LogP contribution in [0.3, 0.4) is 0 Å². The molecule has 2 aromatic carbocycles. The second-order valence-corrected chi connectivity index (χ2v) is 7.11. The summed E-state index contributed by atoms with van der Waals surface area (Å²) in [6.45, 7) is 7.84. The second-order valence-electron chi connectivity index (χ2n) is 7.11. The van der Waals surface area contributed by atoms with E-state index < -0.39 is 0 Å². The average Bonchev–Trinajstić information content (AvgIpc) is 2.78. The van der Waals surface area contributed by atoms with Crippen molar-refractivity contribution in [1.29, 1.82) is 5.26 Å². The van der Waals surface area contributed by atoms with Crippen LogP contribution in [0.15, 0.2) is 48.5 Å². The molecule has 0 atom stereocenters. The standard InChI is InChI=1S/C25H31N3O3/c1-4-14-28(15-5-2)16-17-31-24-18-22(11-12-23(24)30-3)27-25(29)13-10-20-6-8-21(19-26)9-7-20/h6-13,18H,4-5,14-17H2,1-3H3,(H,27,29).